The van der Waals surface area contributed by atoms with Crippen molar-refractivity contribution in [3.8, 4) is 0 Å². The van der Waals surface area contributed by atoms with Gasteiger partial charge in [-0.1, -0.05) is 31.4 Å². The van der Waals surface area contributed by atoms with Crippen LogP contribution in [0.25, 0.3) is 0 Å². The van der Waals surface area contributed by atoms with E-state index in [1.165, 1.54) is 43.2 Å². The number of carbonyl (C=O) groups is 1. The number of aromatic nitrogens is 2. The van der Waals surface area contributed by atoms with Crippen molar-refractivity contribution < 1.29 is 14.6 Å². The molecule has 8 nitrogen and oxygen atoms in total. The van der Waals surface area contributed by atoms with Gasteiger partial charge in [-0.2, -0.15) is 4.98 Å². The monoisotopic (exact) mass is 481 g/mol. The van der Waals surface area contributed by atoms with Crippen LogP contribution < -0.4 is 10.2 Å². The lowest BCUT2D eigenvalue weighted by Gasteiger charge is -2.31. The van der Waals surface area contributed by atoms with E-state index in [0.717, 1.165) is 61.9 Å². The topological polar surface area (TPSA) is 90.8 Å². The van der Waals surface area contributed by atoms with E-state index in [1.54, 1.807) is 0 Å². The Hall–Kier alpha value is -2.71. The first kappa shape index (κ1) is 25.4. The Kier molecular flexibility index (Phi) is 8.57. The van der Waals surface area contributed by atoms with Crippen LogP contribution in [0.5, 0.6) is 0 Å². The molecule has 3 heterocycles. The zero-order valence-electron chi connectivity index (χ0n) is 21.2. The summed E-state index contributed by atoms with van der Waals surface area (Å²) < 4.78 is 5.74. The van der Waals surface area contributed by atoms with E-state index in [2.05, 4.69) is 60.2 Å². The summed E-state index contributed by atoms with van der Waals surface area (Å²) in [6.45, 7) is 10.6. The highest BCUT2D eigenvalue weighted by atomic mass is 16.5. The summed E-state index contributed by atoms with van der Waals surface area (Å²) in [5.41, 5.74) is 4.98. The predicted octanol–water partition coefficient (Wildman–Crippen LogP) is 4.92. The van der Waals surface area contributed by atoms with Gasteiger partial charge in [-0.05, 0) is 57.2 Å². The summed E-state index contributed by atoms with van der Waals surface area (Å²) in [5, 5.41) is 10.5. The van der Waals surface area contributed by atoms with E-state index in [9.17, 15) is 0 Å². The average molecular weight is 482 g/mol. The smallest absolute Gasteiger partial charge is 0.290 e. The first-order valence-corrected chi connectivity index (χ1v) is 12.9. The minimum Gasteiger partial charge on any atom is -0.483 e. The third-order valence-corrected chi connectivity index (χ3v) is 7.30. The predicted molar refractivity (Wildman–Crippen MR) is 138 cm³/mol. The van der Waals surface area contributed by atoms with Crippen LogP contribution in [-0.2, 0) is 22.6 Å². The molecule has 3 aliphatic rings. The van der Waals surface area contributed by atoms with Gasteiger partial charge in [0.1, 0.15) is 5.82 Å². The number of anilines is 3. The van der Waals surface area contributed by atoms with E-state index in [4.69, 9.17) is 24.6 Å². The molecule has 0 amide bonds. The second-order valence-electron chi connectivity index (χ2n) is 10.1. The molecule has 5 rings (SSSR count). The molecular formula is C27H39N5O3. The average Bonchev–Trinajstić information content (AvgIpc) is 3.31. The molecule has 0 unspecified atom stereocenters. The summed E-state index contributed by atoms with van der Waals surface area (Å²) in [6.07, 6.45) is 7.00. The van der Waals surface area contributed by atoms with Crippen LogP contribution in [0.1, 0.15) is 75.6 Å². The number of ether oxygens (including phenoxy) is 1. The molecule has 1 aliphatic carbocycles. The fraction of sp³-hybridized carbons (Fsp3) is 0.593. The standard InChI is InChI=1S/C26H37N5O.CH2O2/c1-18(2)31-16-23-24(17-31)28-26(30-13-14-32-19(3)15-30)29-25(23)27-22-11-9-21(10-12-22)20-7-5-4-6-8-20;2-1-3/h9-12,18-20H,4-8,13-17H2,1-3H3,(H,27,28,29);1H,(H,2,3)/t19-;/m1./s1. The number of rotatable bonds is 5. The van der Waals surface area contributed by atoms with Gasteiger partial charge >= 0.3 is 0 Å². The molecule has 2 N–H and O–H groups in total. The van der Waals surface area contributed by atoms with Crippen LogP contribution in [0.4, 0.5) is 17.5 Å². The van der Waals surface area contributed by atoms with Crippen molar-refractivity contribution in [2.24, 2.45) is 0 Å². The maximum atomic E-state index is 8.36. The number of nitrogens with one attached hydrogen (secondary N) is 1. The van der Waals surface area contributed by atoms with Crippen molar-refractivity contribution in [1.82, 2.24) is 14.9 Å². The second-order valence-corrected chi connectivity index (χ2v) is 10.1. The molecule has 2 fully saturated rings. The Morgan fingerprint density at radius 3 is 2.49 bits per heavy atom. The van der Waals surface area contributed by atoms with Crippen molar-refractivity contribution in [1.29, 1.82) is 0 Å². The van der Waals surface area contributed by atoms with Gasteiger partial charge < -0.3 is 20.1 Å². The molecule has 2 aliphatic heterocycles. The summed E-state index contributed by atoms with van der Waals surface area (Å²) in [6, 6.07) is 9.56. The quantitative estimate of drug-likeness (QED) is 0.582. The van der Waals surface area contributed by atoms with Crippen molar-refractivity contribution >= 4 is 23.9 Å². The summed E-state index contributed by atoms with van der Waals surface area (Å²) in [5.74, 6) is 2.51. The normalized spacial score (nSPS) is 20.8. The number of hydrogen-bond acceptors (Lipinski definition) is 7. The molecule has 0 radical (unpaired) electrons. The summed E-state index contributed by atoms with van der Waals surface area (Å²) in [7, 11) is 0. The zero-order valence-corrected chi connectivity index (χ0v) is 21.2. The first-order valence-electron chi connectivity index (χ1n) is 12.9. The maximum Gasteiger partial charge on any atom is 0.290 e. The summed E-state index contributed by atoms with van der Waals surface area (Å²) in [4.78, 5) is 23.1. The van der Waals surface area contributed by atoms with Crippen molar-refractivity contribution in [3.05, 3.63) is 41.1 Å². The third-order valence-electron chi connectivity index (χ3n) is 7.30. The Morgan fingerprint density at radius 1 is 1.11 bits per heavy atom. The molecule has 1 aromatic carbocycles. The number of benzene rings is 1. The largest absolute Gasteiger partial charge is 0.483 e. The van der Waals surface area contributed by atoms with Gasteiger partial charge in [0, 0.05) is 43.5 Å². The van der Waals surface area contributed by atoms with E-state index < -0.39 is 0 Å². The van der Waals surface area contributed by atoms with Crippen LogP contribution in [0.3, 0.4) is 0 Å². The molecule has 1 atom stereocenters. The third kappa shape index (κ3) is 6.30. The molecule has 0 spiro atoms. The molecular weight excluding hydrogens is 442 g/mol. The van der Waals surface area contributed by atoms with E-state index >= 15 is 0 Å². The van der Waals surface area contributed by atoms with Gasteiger partial charge in [0.05, 0.1) is 18.4 Å². The Morgan fingerprint density at radius 2 is 1.83 bits per heavy atom. The van der Waals surface area contributed by atoms with Crippen LogP contribution in [0, 0.1) is 0 Å². The Bertz CT molecular complexity index is 976. The minimum atomic E-state index is -0.250. The fourth-order valence-corrected chi connectivity index (χ4v) is 5.29. The number of morpholine rings is 1. The molecule has 190 valence electrons. The highest BCUT2D eigenvalue weighted by Crippen LogP contribution is 2.35. The van der Waals surface area contributed by atoms with E-state index in [0.29, 0.717) is 6.04 Å². The highest BCUT2D eigenvalue weighted by molar-refractivity contribution is 5.63. The SMILES string of the molecule is CC(C)N1Cc2nc(N3CCO[C@H](C)C3)nc(Nc3ccc(C4CCCCC4)cc3)c2C1.O=CO. The second kappa shape index (κ2) is 11.8. The lowest BCUT2D eigenvalue weighted by molar-refractivity contribution is -0.122. The Labute approximate surface area is 208 Å². The molecule has 1 saturated carbocycles. The highest BCUT2D eigenvalue weighted by Gasteiger charge is 2.29. The van der Waals surface area contributed by atoms with E-state index in [-0.39, 0.29) is 12.6 Å². The Balaban J connectivity index is 0.000000917. The molecule has 8 heteroatoms. The molecule has 35 heavy (non-hydrogen) atoms. The van der Waals surface area contributed by atoms with Gasteiger partial charge in [-0.15, -0.1) is 0 Å². The van der Waals surface area contributed by atoms with Gasteiger partial charge in [0.25, 0.3) is 6.47 Å². The number of nitrogens with zero attached hydrogens (tertiary/aromatic N) is 4. The lowest BCUT2D eigenvalue weighted by Crippen LogP contribution is -2.42. The zero-order chi connectivity index (χ0) is 24.8. The molecule has 0 bridgehead atoms. The van der Waals surface area contributed by atoms with E-state index in [1.807, 2.05) is 0 Å². The minimum absolute atomic E-state index is 0.205. The fourth-order valence-electron chi connectivity index (χ4n) is 5.29. The van der Waals surface area contributed by atoms with Crippen LogP contribution >= 0.6 is 0 Å². The van der Waals surface area contributed by atoms with Crippen LogP contribution in [-0.4, -0.2) is 58.3 Å². The lowest BCUT2D eigenvalue weighted by atomic mass is 9.84. The van der Waals surface area contributed by atoms with Crippen LogP contribution in [0.15, 0.2) is 24.3 Å². The van der Waals surface area contributed by atoms with Gasteiger partial charge in [-0.25, -0.2) is 4.98 Å². The van der Waals surface area contributed by atoms with Gasteiger partial charge in [-0.3, -0.25) is 9.69 Å². The molecule has 1 saturated heterocycles. The molecule has 1 aromatic heterocycles. The van der Waals surface area contributed by atoms with Crippen molar-refractivity contribution in [2.75, 3.05) is 29.9 Å². The molecule has 2 aromatic rings. The first-order chi connectivity index (χ1) is 17.0. The van der Waals surface area contributed by atoms with Gasteiger partial charge in [0.2, 0.25) is 5.95 Å². The maximum absolute atomic E-state index is 8.36. The van der Waals surface area contributed by atoms with Gasteiger partial charge in [0.15, 0.2) is 0 Å². The number of hydrogen-bond donors (Lipinski definition) is 2. The number of carboxylic acid groups (broad SMARTS) is 1. The summed E-state index contributed by atoms with van der Waals surface area (Å²) >= 11 is 0. The number of fused-ring (bicyclic) bond motifs is 1. The van der Waals surface area contributed by atoms with Crippen LogP contribution in [0.2, 0.25) is 0 Å². The van der Waals surface area contributed by atoms with Crippen molar-refractivity contribution in [2.45, 2.75) is 84.0 Å². The van der Waals surface area contributed by atoms with Crippen molar-refractivity contribution in [3.63, 3.8) is 0 Å².